The molecule has 5 aliphatic heterocycles. The van der Waals surface area contributed by atoms with E-state index in [9.17, 15) is 44.4 Å². The molecule has 0 spiro atoms. The molecular weight excluding hydrogens is 824 g/mol. The first-order chi connectivity index (χ1) is 29.5. The maximum atomic E-state index is 13.4. The Bertz CT molecular complexity index is 1860. The lowest BCUT2D eigenvalue weighted by atomic mass is 9.70. The van der Waals surface area contributed by atoms with Gasteiger partial charge in [-0.05, 0) is 26.2 Å². The van der Waals surface area contributed by atoms with E-state index >= 15 is 0 Å². The summed E-state index contributed by atoms with van der Waals surface area (Å²) in [6.45, 7) is 11.2. The van der Waals surface area contributed by atoms with Crippen LogP contribution in [0, 0.1) is 10.8 Å². The lowest BCUT2D eigenvalue weighted by molar-refractivity contribution is -0.348. The molecule has 63 heavy (non-hydrogen) atoms. The number of unbranched alkanes of at least 4 members (excludes halogenated alkanes) is 1. The van der Waals surface area contributed by atoms with Crippen molar-refractivity contribution in [3.8, 4) is 0 Å². The largest absolute Gasteiger partial charge is 0.466 e. The SMILES string of the molecule is CCC/C=C/C=C/C(=O)O[C@H]1C2=CC(=O)O[C@@H]2[C@H]2CC([C@@H](C)O)OC(=O)C[C@H](O)C[C@@H]3C[C@H](OC(C)=O)C(C)(C)[C@](O)(C[C@@H]4C/C(=C/C(=O)OC)C[C@H](/C=C\C(C)(C)[C@]1(O)O2)O4)O3. The molecule has 3 saturated heterocycles. The Balaban J connectivity index is 1.62. The standard InChI is InChI=1S/C46H64O17/c1-9-10-11-12-13-14-37(50)61-42-33-23-40(53)60-41(33)35-24-34(26(2)47)59-39(52)21-29(49)20-31-22-36(57-27(3)48)44(6,7)45(54,62-31)25-32-18-28(19-38(51)56-8)17-30(58-32)15-16-43(4,5)46(42,55)63-35/h11-16,19,23,26,29-32,34-36,41-42,47,49,54-55H,9-10,17-18,20-22,24-25H2,1-8H3/b12-11+,14-13+,16-15-,28-19+/t26-,29-,30+,31-,32+,34?,35-,36+,41+,42+,45+,46-/m1/s1. The molecule has 5 rings (SSSR count). The van der Waals surface area contributed by atoms with E-state index in [4.69, 9.17) is 37.9 Å². The van der Waals surface area contributed by atoms with Gasteiger partial charge in [-0.2, -0.15) is 0 Å². The second-order valence-corrected chi connectivity index (χ2v) is 18.2. The second-order valence-electron chi connectivity index (χ2n) is 18.2. The van der Waals surface area contributed by atoms with Gasteiger partial charge in [0, 0.05) is 61.8 Å². The van der Waals surface area contributed by atoms with Crippen LogP contribution in [0.3, 0.4) is 0 Å². The monoisotopic (exact) mass is 888 g/mol. The highest BCUT2D eigenvalue weighted by Gasteiger charge is 2.63. The zero-order valence-corrected chi connectivity index (χ0v) is 37.4. The van der Waals surface area contributed by atoms with E-state index in [1.165, 1.54) is 33.1 Å². The Morgan fingerprint density at radius 2 is 1.68 bits per heavy atom. The van der Waals surface area contributed by atoms with Gasteiger partial charge < -0.3 is 58.3 Å². The van der Waals surface area contributed by atoms with Crippen LogP contribution in [0.1, 0.15) is 106 Å². The maximum absolute atomic E-state index is 13.4. The van der Waals surface area contributed by atoms with Crippen LogP contribution in [-0.2, 0) is 61.9 Å². The molecular formula is C46H64O17. The lowest BCUT2D eigenvalue weighted by Crippen LogP contribution is -2.65. The zero-order chi connectivity index (χ0) is 46.5. The van der Waals surface area contributed by atoms with Crippen molar-refractivity contribution in [3.05, 3.63) is 59.8 Å². The number of hydrogen-bond acceptors (Lipinski definition) is 17. The van der Waals surface area contributed by atoms with E-state index in [0.717, 1.165) is 25.0 Å². The minimum atomic E-state index is -2.47. The number of carbonyl (C=O) groups is 5. The number of ether oxygens (including phenoxy) is 8. The summed E-state index contributed by atoms with van der Waals surface area (Å²) in [6.07, 6.45) is 1.01. The van der Waals surface area contributed by atoms with Crippen molar-refractivity contribution in [2.75, 3.05) is 7.11 Å². The van der Waals surface area contributed by atoms with Crippen LogP contribution < -0.4 is 0 Å². The van der Waals surface area contributed by atoms with Crippen LogP contribution in [0.2, 0.25) is 0 Å². The van der Waals surface area contributed by atoms with Gasteiger partial charge >= 0.3 is 29.8 Å². The number of methoxy groups -OCH3 is 1. The summed E-state index contributed by atoms with van der Waals surface area (Å²) in [5.74, 6) is -8.33. The quantitative estimate of drug-likeness (QED) is 0.0894. The zero-order valence-electron chi connectivity index (χ0n) is 37.4. The lowest BCUT2D eigenvalue weighted by Gasteiger charge is -2.53. The normalized spacial score (nSPS) is 37.5. The Labute approximate surface area is 368 Å². The summed E-state index contributed by atoms with van der Waals surface area (Å²) in [5.41, 5.74) is -2.09. The summed E-state index contributed by atoms with van der Waals surface area (Å²) >= 11 is 0. The number of allylic oxidation sites excluding steroid dienone is 3. The third kappa shape index (κ3) is 11.7. The van der Waals surface area contributed by atoms with Gasteiger partial charge in [-0.3, -0.25) is 9.59 Å². The van der Waals surface area contributed by atoms with Gasteiger partial charge in [0.15, 0.2) is 18.0 Å². The number of rotatable bonds is 8. The van der Waals surface area contributed by atoms with E-state index < -0.39 is 120 Å². The first-order valence-corrected chi connectivity index (χ1v) is 21.6. The van der Waals surface area contributed by atoms with Crippen LogP contribution in [0.4, 0.5) is 0 Å². The van der Waals surface area contributed by atoms with E-state index in [-0.39, 0.29) is 44.1 Å². The highest BCUT2D eigenvalue weighted by Crippen LogP contribution is 2.51. The molecule has 350 valence electrons. The average molecular weight is 889 g/mol. The second kappa shape index (κ2) is 20.3. The van der Waals surface area contributed by atoms with Crippen LogP contribution in [0.15, 0.2) is 59.8 Å². The minimum absolute atomic E-state index is 0.0667. The van der Waals surface area contributed by atoms with Gasteiger partial charge in [-0.25, -0.2) is 14.4 Å². The Hall–Kier alpha value is -4.23. The summed E-state index contributed by atoms with van der Waals surface area (Å²) in [6, 6.07) is 0. The molecule has 4 N–H and O–H groups in total. The third-order valence-corrected chi connectivity index (χ3v) is 12.5. The van der Waals surface area contributed by atoms with Crippen LogP contribution >= 0.6 is 0 Å². The molecule has 0 aromatic rings. The molecule has 12 atom stereocenters. The van der Waals surface area contributed by atoms with E-state index in [2.05, 4.69) is 0 Å². The predicted octanol–water partition coefficient (Wildman–Crippen LogP) is 3.64. The van der Waals surface area contributed by atoms with Crippen molar-refractivity contribution in [1.29, 1.82) is 0 Å². The van der Waals surface area contributed by atoms with E-state index in [0.29, 0.717) is 5.57 Å². The number of aliphatic hydroxyl groups excluding tert-OH is 2. The van der Waals surface area contributed by atoms with Crippen molar-refractivity contribution in [2.24, 2.45) is 10.8 Å². The predicted molar refractivity (Wildman–Crippen MR) is 222 cm³/mol. The van der Waals surface area contributed by atoms with Gasteiger partial charge in [-0.15, -0.1) is 0 Å². The van der Waals surface area contributed by atoms with Gasteiger partial charge in [0.25, 0.3) is 0 Å². The molecule has 0 aromatic carbocycles. The van der Waals surface area contributed by atoms with Crippen molar-refractivity contribution in [3.63, 3.8) is 0 Å². The Morgan fingerprint density at radius 1 is 0.952 bits per heavy atom. The molecule has 0 amide bonds. The average Bonchev–Trinajstić information content (AvgIpc) is 3.58. The molecule has 5 heterocycles. The summed E-state index contributed by atoms with van der Waals surface area (Å²) < 4.78 is 47.3. The van der Waals surface area contributed by atoms with Crippen LogP contribution in [0.25, 0.3) is 0 Å². The molecule has 0 aromatic heterocycles. The number of carbonyl (C=O) groups excluding carboxylic acids is 5. The molecule has 0 aliphatic carbocycles. The van der Waals surface area contributed by atoms with Crippen molar-refractivity contribution in [1.82, 2.24) is 0 Å². The molecule has 1 unspecified atom stereocenters. The van der Waals surface area contributed by atoms with Gasteiger partial charge in [0.05, 0.1) is 49.5 Å². The van der Waals surface area contributed by atoms with Crippen LogP contribution in [0.5, 0.6) is 0 Å². The highest BCUT2D eigenvalue weighted by atomic mass is 16.7. The molecule has 17 nitrogen and oxygen atoms in total. The number of hydrogen-bond donors (Lipinski definition) is 4. The van der Waals surface area contributed by atoms with Crippen LogP contribution in [-0.4, -0.2) is 130 Å². The van der Waals surface area contributed by atoms with E-state index in [1.807, 2.05) is 13.0 Å². The van der Waals surface area contributed by atoms with Gasteiger partial charge in [-0.1, -0.05) is 77.0 Å². The summed E-state index contributed by atoms with van der Waals surface area (Å²) in [7, 11) is 1.24. The topological polar surface area (TPSA) is 240 Å². The van der Waals surface area contributed by atoms with Gasteiger partial charge in [0.2, 0.25) is 5.79 Å². The first-order valence-electron chi connectivity index (χ1n) is 21.6. The molecule has 17 heteroatoms. The minimum Gasteiger partial charge on any atom is -0.466 e. The number of esters is 5. The number of fused-ring (bicyclic) bond motifs is 8. The molecule has 6 bridgehead atoms. The summed E-state index contributed by atoms with van der Waals surface area (Å²) in [5, 5.41) is 47.5. The third-order valence-electron chi connectivity index (χ3n) is 12.5. The molecule has 0 saturated carbocycles. The van der Waals surface area contributed by atoms with Crippen molar-refractivity contribution in [2.45, 2.75) is 179 Å². The van der Waals surface area contributed by atoms with Crippen molar-refractivity contribution < 1.29 is 82.3 Å². The molecule has 5 aliphatic rings. The fraction of sp³-hybridized carbons (Fsp3) is 0.674. The smallest absolute Gasteiger partial charge is 0.331 e. The van der Waals surface area contributed by atoms with Crippen molar-refractivity contribution >= 4 is 29.8 Å². The fourth-order valence-electron chi connectivity index (χ4n) is 8.79. The van der Waals surface area contributed by atoms with Gasteiger partial charge in [0.1, 0.15) is 18.3 Å². The highest BCUT2D eigenvalue weighted by molar-refractivity contribution is 5.87. The Kier molecular flexibility index (Phi) is 16.0. The molecule has 0 radical (unpaired) electrons. The summed E-state index contributed by atoms with van der Waals surface area (Å²) in [4.78, 5) is 64.7. The maximum Gasteiger partial charge on any atom is 0.331 e. The number of aliphatic hydroxyl groups is 4. The first kappa shape index (κ1) is 49.8. The van der Waals surface area contributed by atoms with E-state index in [1.54, 1.807) is 45.9 Å². The fourth-order valence-corrected chi connectivity index (χ4v) is 8.79. The Morgan fingerprint density at radius 3 is 2.35 bits per heavy atom. The number of cyclic esters (lactones) is 1. The molecule has 3 fully saturated rings.